The summed E-state index contributed by atoms with van der Waals surface area (Å²) in [5.74, 6) is 0.521. The molecule has 0 saturated carbocycles. The molecule has 29 heavy (non-hydrogen) atoms. The van der Waals surface area contributed by atoms with Crippen LogP contribution in [-0.2, 0) is 6.61 Å². The van der Waals surface area contributed by atoms with Gasteiger partial charge in [-0.3, -0.25) is 9.78 Å². The zero-order valence-electron chi connectivity index (χ0n) is 15.9. The summed E-state index contributed by atoms with van der Waals surface area (Å²) in [6.07, 6.45) is 5.09. The zero-order valence-corrected chi connectivity index (χ0v) is 15.9. The van der Waals surface area contributed by atoms with E-state index >= 15 is 0 Å². The van der Waals surface area contributed by atoms with Crippen molar-refractivity contribution in [3.63, 3.8) is 0 Å². The summed E-state index contributed by atoms with van der Waals surface area (Å²) < 4.78 is 5.32. The van der Waals surface area contributed by atoms with Crippen molar-refractivity contribution < 1.29 is 14.6 Å². The number of pyridine rings is 1. The van der Waals surface area contributed by atoms with Crippen LogP contribution in [0.2, 0.25) is 0 Å². The molecule has 2 heterocycles. The second kappa shape index (κ2) is 8.16. The number of aliphatic hydroxyl groups is 1. The molecule has 6 nitrogen and oxygen atoms in total. The maximum absolute atomic E-state index is 13.5. The van der Waals surface area contributed by atoms with E-state index in [1.807, 2.05) is 30.3 Å². The highest BCUT2D eigenvalue weighted by atomic mass is 16.5. The number of Topliss-reactive ketones (excluding diaryl/α,β-unsaturated/α-hetero) is 1. The molecule has 4 aromatic rings. The second-order valence-corrected chi connectivity index (χ2v) is 6.70. The molecule has 0 spiro atoms. The Kier molecular flexibility index (Phi) is 5.27. The fourth-order valence-corrected chi connectivity index (χ4v) is 3.40. The van der Waals surface area contributed by atoms with Crippen molar-refractivity contribution in [3.05, 3.63) is 89.9 Å². The van der Waals surface area contributed by atoms with E-state index in [0.717, 1.165) is 16.5 Å². The SMILES string of the molecule is COc1cc(CO)cc(NC(C(=O)c2c[nH]c3ccccc23)c2cccnc2)c1. The van der Waals surface area contributed by atoms with E-state index in [1.54, 1.807) is 50.0 Å². The summed E-state index contributed by atoms with van der Waals surface area (Å²) in [6.45, 7) is -0.125. The lowest BCUT2D eigenvalue weighted by Gasteiger charge is -2.20. The van der Waals surface area contributed by atoms with Crippen molar-refractivity contribution in [3.8, 4) is 5.75 Å². The molecule has 0 aliphatic carbocycles. The number of benzene rings is 2. The molecule has 1 atom stereocenters. The minimum atomic E-state index is -0.651. The van der Waals surface area contributed by atoms with Gasteiger partial charge in [0.25, 0.3) is 0 Å². The molecule has 1 unspecified atom stereocenters. The van der Waals surface area contributed by atoms with E-state index in [-0.39, 0.29) is 12.4 Å². The van der Waals surface area contributed by atoms with Crippen molar-refractivity contribution in [2.75, 3.05) is 12.4 Å². The first-order valence-electron chi connectivity index (χ1n) is 9.25. The van der Waals surface area contributed by atoms with Crippen LogP contribution in [0.25, 0.3) is 10.9 Å². The van der Waals surface area contributed by atoms with Gasteiger partial charge in [-0.25, -0.2) is 0 Å². The fourth-order valence-electron chi connectivity index (χ4n) is 3.40. The summed E-state index contributed by atoms with van der Waals surface area (Å²) in [5.41, 5.74) is 3.62. The Morgan fingerprint density at radius 1 is 1.21 bits per heavy atom. The van der Waals surface area contributed by atoms with E-state index in [1.165, 1.54) is 0 Å². The summed E-state index contributed by atoms with van der Waals surface area (Å²) in [7, 11) is 1.57. The first kappa shape index (κ1) is 18.7. The van der Waals surface area contributed by atoms with Crippen LogP contribution in [0.3, 0.4) is 0 Å². The molecule has 4 rings (SSSR count). The zero-order chi connectivity index (χ0) is 20.2. The topological polar surface area (TPSA) is 87.2 Å². The molecule has 0 bridgehead atoms. The van der Waals surface area contributed by atoms with Gasteiger partial charge in [-0.1, -0.05) is 24.3 Å². The van der Waals surface area contributed by atoms with Gasteiger partial charge in [-0.05, 0) is 29.8 Å². The minimum absolute atomic E-state index is 0.0798. The molecule has 146 valence electrons. The van der Waals surface area contributed by atoms with Gasteiger partial charge in [0, 0.05) is 52.4 Å². The standard InChI is InChI=1S/C23H21N3O3/c1-29-18-10-15(14-27)9-17(11-18)26-22(16-5-4-8-24-12-16)23(28)20-13-25-21-7-3-2-6-19(20)21/h2-13,22,25-27H,14H2,1H3. The first-order chi connectivity index (χ1) is 14.2. The predicted octanol–water partition coefficient (Wildman–Crippen LogP) is 4.10. The van der Waals surface area contributed by atoms with Gasteiger partial charge in [0.15, 0.2) is 5.78 Å². The van der Waals surface area contributed by atoms with Crippen molar-refractivity contribution in [2.45, 2.75) is 12.6 Å². The third-order valence-electron chi connectivity index (χ3n) is 4.83. The highest BCUT2D eigenvalue weighted by Crippen LogP contribution is 2.29. The van der Waals surface area contributed by atoms with E-state index in [9.17, 15) is 9.90 Å². The number of nitrogens with zero attached hydrogens (tertiary/aromatic N) is 1. The number of rotatable bonds is 7. The number of hydrogen-bond donors (Lipinski definition) is 3. The van der Waals surface area contributed by atoms with Crippen molar-refractivity contribution in [1.82, 2.24) is 9.97 Å². The molecule has 6 heteroatoms. The van der Waals surface area contributed by atoms with Crippen LogP contribution in [0.4, 0.5) is 5.69 Å². The summed E-state index contributed by atoms with van der Waals surface area (Å²) in [4.78, 5) is 20.9. The number of anilines is 1. The third kappa shape index (κ3) is 3.83. The molecule has 0 saturated heterocycles. The fraction of sp³-hybridized carbons (Fsp3) is 0.130. The smallest absolute Gasteiger partial charge is 0.191 e. The summed E-state index contributed by atoms with van der Waals surface area (Å²) in [5, 5.41) is 13.7. The first-order valence-corrected chi connectivity index (χ1v) is 9.25. The van der Waals surface area contributed by atoms with Gasteiger partial charge < -0.3 is 20.1 Å². The van der Waals surface area contributed by atoms with Crippen LogP contribution >= 0.6 is 0 Å². The normalized spacial score (nSPS) is 11.9. The molecule has 3 N–H and O–H groups in total. The summed E-state index contributed by atoms with van der Waals surface area (Å²) in [6, 6.07) is 16.1. The number of carbonyl (C=O) groups is 1. The van der Waals surface area contributed by atoms with Crippen LogP contribution < -0.4 is 10.1 Å². The maximum atomic E-state index is 13.5. The van der Waals surface area contributed by atoms with Crippen LogP contribution in [-0.4, -0.2) is 28.0 Å². The second-order valence-electron chi connectivity index (χ2n) is 6.70. The van der Waals surface area contributed by atoms with E-state index in [0.29, 0.717) is 22.6 Å². The molecule has 2 aromatic heterocycles. The average Bonchev–Trinajstić information content (AvgIpc) is 3.21. The molecule has 0 radical (unpaired) electrons. The van der Waals surface area contributed by atoms with E-state index < -0.39 is 6.04 Å². The number of nitrogens with one attached hydrogen (secondary N) is 2. The third-order valence-corrected chi connectivity index (χ3v) is 4.83. The monoisotopic (exact) mass is 387 g/mol. The van der Waals surface area contributed by atoms with Gasteiger partial charge in [0.1, 0.15) is 11.8 Å². The Balaban J connectivity index is 1.76. The Hall–Kier alpha value is -3.64. The lowest BCUT2D eigenvalue weighted by Crippen LogP contribution is -2.21. The number of ether oxygens (including phenoxy) is 1. The number of ketones is 1. The van der Waals surface area contributed by atoms with Crippen LogP contribution in [0, 0.1) is 0 Å². The molecule has 0 aliphatic heterocycles. The molecule has 0 fully saturated rings. The Morgan fingerprint density at radius 2 is 2.07 bits per heavy atom. The van der Waals surface area contributed by atoms with Gasteiger partial charge in [-0.2, -0.15) is 0 Å². The van der Waals surface area contributed by atoms with E-state index in [4.69, 9.17) is 4.74 Å². The quantitative estimate of drug-likeness (QED) is 0.416. The molecular weight excluding hydrogens is 366 g/mol. The van der Waals surface area contributed by atoms with Crippen molar-refractivity contribution >= 4 is 22.4 Å². The van der Waals surface area contributed by atoms with Gasteiger partial charge in [0.2, 0.25) is 0 Å². The van der Waals surface area contributed by atoms with Crippen molar-refractivity contribution in [2.24, 2.45) is 0 Å². The Bertz CT molecular complexity index is 1120. The molecule has 2 aromatic carbocycles. The minimum Gasteiger partial charge on any atom is -0.497 e. The number of carbonyl (C=O) groups excluding carboxylic acids is 1. The highest BCUT2D eigenvalue weighted by molar-refractivity contribution is 6.11. The predicted molar refractivity (Wildman–Crippen MR) is 112 cm³/mol. The van der Waals surface area contributed by atoms with Gasteiger partial charge >= 0.3 is 0 Å². The lowest BCUT2D eigenvalue weighted by molar-refractivity contribution is 0.0971. The number of aromatic amines is 1. The molecular formula is C23H21N3O3. The number of H-pyrrole nitrogens is 1. The lowest BCUT2D eigenvalue weighted by atomic mass is 9.97. The van der Waals surface area contributed by atoms with Crippen LogP contribution in [0.1, 0.15) is 27.5 Å². The highest BCUT2D eigenvalue weighted by Gasteiger charge is 2.25. The molecule has 0 aliphatic rings. The average molecular weight is 387 g/mol. The van der Waals surface area contributed by atoms with Gasteiger partial charge in [-0.15, -0.1) is 0 Å². The number of fused-ring (bicyclic) bond motifs is 1. The van der Waals surface area contributed by atoms with Crippen LogP contribution in [0.15, 0.2) is 73.2 Å². The van der Waals surface area contributed by atoms with Gasteiger partial charge in [0.05, 0.1) is 13.7 Å². The Morgan fingerprint density at radius 3 is 2.83 bits per heavy atom. The summed E-state index contributed by atoms with van der Waals surface area (Å²) >= 11 is 0. The van der Waals surface area contributed by atoms with Crippen LogP contribution in [0.5, 0.6) is 5.75 Å². The number of hydrogen-bond acceptors (Lipinski definition) is 5. The van der Waals surface area contributed by atoms with Crippen molar-refractivity contribution in [1.29, 1.82) is 0 Å². The Labute approximate surface area is 168 Å². The largest absolute Gasteiger partial charge is 0.497 e. The number of methoxy groups -OCH3 is 1. The van der Waals surface area contributed by atoms with E-state index in [2.05, 4.69) is 15.3 Å². The number of aromatic nitrogens is 2. The molecule has 0 amide bonds. The number of aliphatic hydroxyl groups excluding tert-OH is 1. The number of para-hydroxylation sites is 1. The maximum Gasteiger partial charge on any atom is 0.191 e.